The summed E-state index contributed by atoms with van der Waals surface area (Å²) in [5.41, 5.74) is 0.841. The van der Waals surface area contributed by atoms with Crippen LogP contribution in [0.25, 0.3) is 0 Å². The molecule has 1 fully saturated rings. The number of ether oxygens (including phenoxy) is 1. The predicted octanol–water partition coefficient (Wildman–Crippen LogP) is 7.96. The topological polar surface area (TPSA) is 90.9 Å². The fourth-order valence-electron chi connectivity index (χ4n) is 6.08. The Balaban J connectivity index is 3.09. The molecule has 1 heterocycles. The summed E-state index contributed by atoms with van der Waals surface area (Å²) in [7, 11) is -4.69. The Hall–Kier alpha value is -1.30. The van der Waals surface area contributed by atoms with Gasteiger partial charge in [-0.25, -0.2) is 0 Å². The quantitative estimate of drug-likeness (QED) is 0.147. The molecule has 1 rings (SSSR count). The summed E-state index contributed by atoms with van der Waals surface area (Å²) in [6.07, 6.45) is 4.69. The van der Waals surface area contributed by atoms with Crippen LogP contribution >= 0.6 is 0 Å². The molecule has 42 heavy (non-hydrogen) atoms. The number of hydrogen-bond donors (Lipinski definition) is 1. The fraction of sp³-hybridized carbons (Fsp3) is 0.848. The van der Waals surface area contributed by atoms with Crippen molar-refractivity contribution in [2.45, 2.75) is 162 Å². The molecule has 5 atom stereocenters. The zero-order valence-corrected chi connectivity index (χ0v) is 31.3. The Morgan fingerprint density at radius 2 is 1.50 bits per heavy atom. The summed E-state index contributed by atoms with van der Waals surface area (Å²) in [6.45, 7) is 29.9. The van der Waals surface area contributed by atoms with Crippen LogP contribution in [0.3, 0.4) is 0 Å². The van der Waals surface area contributed by atoms with Crippen LogP contribution in [-0.2, 0) is 28.0 Å². The van der Waals surface area contributed by atoms with Crippen LogP contribution in [0, 0.1) is 11.8 Å². The van der Waals surface area contributed by atoms with Crippen molar-refractivity contribution in [3.05, 3.63) is 12.2 Å². The molecule has 7 nitrogen and oxygen atoms in total. The van der Waals surface area contributed by atoms with Gasteiger partial charge in [-0.2, -0.15) is 0 Å². The number of ketones is 1. The second-order valence-electron chi connectivity index (χ2n) is 15.0. The zero-order chi connectivity index (χ0) is 32.6. The summed E-state index contributed by atoms with van der Waals surface area (Å²) in [5, 5.41) is 3.01. The Bertz CT molecular complexity index is 902. The highest BCUT2D eigenvalue weighted by Crippen LogP contribution is 2.43. The van der Waals surface area contributed by atoms with Crippen molar-refractivity contribution in [2.24, 2.45) is 11.8 Å². The first-order chi connectivity index (χ1) is 19.2. The van der Waals surface area contributed by atoms with Gasteiger partial charge in [0.2, 0.25) is 5.91 Å². The molecular formula is C33H63NO6Si2. The minimum atomic E-state index is -2.43. The van der Waals surface area contributed by atoms with E-state index in [9.17, 15) is 14.4 Å². The maximum absolute atomic E-state index is 13.8. The molecule has 0 aromatic heterocycles. The summed E-state index contributed by atoms with van der Waals surface area (Å²) in [5.74, 6) is -0.626. The van der Waals surface area contributed by atoms with Crippen molar-refractivity contribution in [3.8, 4) is 0 Å². The van der Waals surface area contributed by atoms with Gasteiger partial charge < -0.3 is 18.9 Å². The molecule has 0 spiro atoms. The van der Waals surface area contributed by atoms with E-state index in [1.54, 1.807) is 12.2 Å². The van der Waals surface area contributed by atoms with Gasteiger partial charge in [-0.3, -0.25) is 14.4 Å². The van der Waals surface area contributed by atoms with Crippen LogP contribution < -0.4 is 5.32 Å². The second kappa shape index (κ2) is 16.1. The molecule has 9 heteroatoms. The molecule has 1 saturated heterocycles. The lowest BCUT2D eigenvalue weighted by Crippen LogP contribution is -2.54. The molecule has 1 aliphatic rings. The first kappa shape index (κ1) is 38.7. The van der Waals surface area contributed by atoms with Crippen LogP contribution in [0.2, 0.25) is 34.8 Å². The molecule has 0 unspecified atom stereocenters. The smallest absolute Gasteiger partial charge is 0.298 e. The van der Waals surface area contributed by atoms with E-state index in [0.29, 0.717) is 6.42 Å². The van der Waals surface area contributed by atoms with Gasteiger partial charge in [0.15, 0.2) is 14.1 Å². The Morgan fingerprint density at radius 1 is 0.952 bits per heavy atom. The fourth-order valence-corrected chi connectivity index (χ4v) is 12.7. The molecule has 0 aliphatic carbocycles. The Kier molecular flexibility index (Phi) is 14.9. The first-order valence-electron chi connectivity index (χ1n) is 16.2. The Labute approximate surface area is 259 Å². The monoisotopic (exact) mass is 625 g/mol. The summed E-state index contributed by atoms with van der Waals surface area (Å²) >= 11 is 0. The van der Waals surface area contributed by atoms with E-state index < -0.39 is 28.7 Å². The normalized spacial score (nSPS) is 22.1. The van der Waals surface area contributed by atoms with Crippen molar-refractivity contribution >= 4 is 34.3 Å². The molecular weight excluding hydrogens is 563 g/mol. The third-order valence-electron chi connectivity index (χ3n) is 9.78. The Morgan fingerprint density at radius 3 is 1.98 bits per heavy atom. The molecule has 244 valence electrons. The average Bonchev–Trinajstić information content (AvgIpc) is 2.85. The van der Waals surface area contributed by atoms with E-state index in [4.69, 9.17) is 13.6 Å². The number of nitrogens with one attached hydrogen (secondary N) is 1. The van der Waals surface area contributed by atoms with Crippen molar-refractivity contribution in [2.75, 3.05) is 6.54 Å². The number of hydrogen-bond acceptors (Lipinski definition) is 6. The molecule has 0 saturated carbocycles. The lowest BCUT2D eigenvalue weighted by Gasteiger charge is -2.44. The van der Waals surface area contributed by atoms with Gasteiger partial charge in [0.25, 0.3) is 14.3 Å². The minimum Gasteiger partial charge on any atom is -0.518 e. The van der Waals surface area contributed by atoms with E-state index >= 15 is 0 Å². The zero-order valence-electron chi connectivity index (χ0n) is 29.3. The van der Waals surface area contributed by atoms with E-state index in [1.807, 2.05) is 13.8 Å². The molecule has 0 radical (unpaired) electrons. The highest BCUT2D eigenvalue weighted by atomic mass is 28.4. The number of carbonyl (C=O) groups excluding carboxylic acids is 3. The lowest BCUT2D eigenvalue weighted by atomic mass is 9.90. The van der Waals surface area contributed by atoms with Gasteiger partial charge in [0, 0.05) is 13.0 Å². The third-order valence-corrected chi connectivity index (χ3v) is 20.3. The van der Waals surface area contributed by atoms with E-state index in [-0.39, 0.29) is 70.4 Å². The van der Waals surface area contributed by atoms with Crippen LogP contribution in [-0.4, -0.2) is 59.2 Å². The number of carbonyl (C=O) groups is 3. The van der Waals surface area contributed by atoms with E-state index in [0.717, 1.165) is 12.8 Å². The van der Waals surface area contributed by atoms with Crippen molar-refractivity contribution in [1.82, 2.24) is 5.32 Å². The van der Waals surface area contributed by atoms with Gasteiger partial charge in [0.05, 0.1) is 30.7 Å². The second-order valence-corrected chi connectivity index (χ2v) is 25.1. The maximum atomic E-state index is 13.8. The molecule has 1 amide bonds. The molecule has 0 aromatic rings. The summed E-state index contributed by atoms with van der Waals surface area (Å²) in [6, 6.07) is 0. The van der Waals surface area contributed by atoms with Gasteiger partial charge in [-0.1, -0.05) is 75.3 Å². The van der Waals surface area contributed by atoms with E-state index in [1.165, 1.54) is 0 Å². The van der Waals surface area contributed by atoms with Crippen LogP contribution in [0.1, 0.15) is 109 Å². The van der Waals surface area contributed by atoms with Crippen molar-refractivity contribution in [3.63, 3.8) is 0 Å². The van der Waals surface area contributed by atoms with Crippen LogP contribution in [0.15, 0.2) is 12.2 Å². The molecule has 1 aliphatic heterocycles. The number of allylic oxidation sites excluding steroid dienone is 2. The average molecular weight is 626 g/mol. The largest absolute Gasteiger partial charge is 0.518 e. The van der Waals surface area contributed by atoms with E-state index in [2.05, 4.69) is 87.6 Å². The SMILES string of the molecule is C/C=C/C(=O)C[C@@H]1CC[C@@H](C)[C@@H](CC(=O)NC[C@H](O[Si](C)(C)C(C)(C)C)[C@H](C)C(=O)O[Si](C(C)C)(C(C)C)C(C)C)O1. The van der Waals surface area contributed by atoms with Gasteiger partial charge in [-0.05, 0) is 73.4 Å². The van der Waals surface area contributed by atoms with Gasteiger partial charge in [0.1, 0.15) is 0 Å². The summed E-state index contributed by atoms with van der Waals surface area (Å²) < 4.78 is 19.5. The summed E-state index contributed by atoms with van der Waals surface area (Å²) in [4.78, 5) is 39.1. The standard InChI is InChI=1S/C33H63NO6Si2/c1-15-16-27(35)19-28-18-17-25(8)29(38-28)20-31(36)34-21-30(39-41(13,14)33(10,11)12)26(9)32(37)40-42(22(2)3,23(4)5)24(6)7/h15-16,22-26,28-30H,17-21H2,1-14H3,(H,34,36)/b16-15+/t25-,26+,28+,29-,30+/m1/s1. The highest BCUT2D eigenvalue weighted by molar-refractivity contribution is 6.79. The van der Waals surface area contributed by atoms with Gasteiger partial charge in [-0.15, -0.1) is 0 Å². The predicted molar refractivity (Wildman–Crippen MR) is 177 cm³/mol. The number of rotatable bonds is 15. The lowest BCUT2D eigenvalue weighted by molar-refractivity contribution is -0.144. The maximum Gasteiger partial charge on any atom is 0.298 e. The van der Waals surface area contributed by atoms with Gasteiger partial charge >= 0.3 is 0 Å². The minimum absolute atomic E-state index is 0.0474. The highest BCUT2D eigenvalue weighted by Gasteiger charge is 2.50. The number of amides is 1. The molecule has 0 bridgehead atoms. The van der Waals surface area contributed by atoms with Crippen LogP contribution in [0.5, 0.6) is 0 Å². The third kappa shape index (κ3) is 10.4. The molecule has 1 N–H and O–H groups in total. The molecule has 0 aromatic carbocycles. The van der Waals surface area contributed by atoms with Crippen LogP contribution in [0.4, 0.5) is 0 Å². The van der Waals surface area contributed by atoms with Crippen molar-refractivity contribution < 1.29 is 28.0 Å². The van der Waals surface area contributed by atoms with Crippen molar-refractivity contribution in [1.29, 1.82) is 0 Å². The first-order valence-corrected chi connectivity index (χ1v) is 21.2.